The Balaban J connectivity index is 2.49. The largest absolute Gasteiger partial charge is 0.465 e. The number of carboxylic acid groups (broad SMARTS) is 1. The average molecular weight is 161 g/mol. The Hall–Kier alpha value is -0.810. The minimum atomic E-state index is -1.09. The highest BCUT2D eigenvalue weighted by atomic mass is 16.4. The summed E-state index contributed by atoms with van der Waals surface area (Å²) in [5, 5.41) is 26.5. The molecule has 1 amide bonds. The molecule has 1 aliphatic heterocycles. The van der Waals surface area contributed by atoms with E-state index in [9.17, 15) is 4.79 Å². The number of β-amino-alcohol motifs (C(OH)–C–C–N with tert-alkyl or cyclic N) is 2. The smallest absolute Gasteiger partial charge is 0.407 e. The number of carbonyl (C=O) groups is 1. The highest BCUT2D eigenvalue weighted by molar-refractivity contribution is 5.65. The molecular formula is C6H11NO4. The fourth-order valence-corrected chi connectivity index (χ4v) is 1.20. The maximum absolute atomic E-state index is 10.3. The van der Waals surface area contributed by atoms with Gasteiger partial charge in [0.15, 0.2) is 0 Å². The van der Waals surface area contributed by atoms with Crippen LogP contribution in [-0.2, 0) is 0 Å². The first-order valence-corrected chi connectivity index (χ1v) is 3.43. The molecule has 1 fully saturated rings. The molecule has 64 valence electrons. The zero-order valence-electron chi connectivity index (χ0n) is 5.97. The van der Waals surface area contributed by atoms with E-state index in [1.54, 1.807) is 0 Å². The van der Waals surface area contributed by atoms with Gasteiger partial charge in [-0.2, -0.15) is 0 Å². The number of hydrogen-bond donors (Lipinski definition) is 3. The third-order valence-corrected chi connectivity index (χ3v) is 1.68. The molecule has 1 heterocycles. The van der Waals surface area contributed by atoms with Gasteiger partial charge >= 0.3 is 6.09 Å². The standard InChI is InChI=1S/C6H11NO4/c8-4-1-5(9)3-7(2-4)6(10)11/h4-5,8-9H,1-3H2,(H,10,11). The number of piperidine rings is 1. The molecule has 0 aromatic rings. The second-order valence-electron chi connectivity index (χ2n) is 2.73. The maximum atomic E-state index is 10.3. The summed E-state index contributed by atoms with van der Waals surface area (Å²) in [6, 6.07) is 0. The van der Waals surface area contributed by atoms with Crippen LogP contribution in [0, 0.1) is 0 Å². The molecule has 0 aromatic heterocycles. The molecule has 0 spiro atoms. The average Bonchev–Trinajstić information content (AvgIpc) is 1.85. The van der Waals surface area contributed by atoms with E-state index in [1.165, 1.54) is 0 Å². The molecule has 0 aromatic carbocycles. The van der Waals surface area contributed by atoms with Gasteiger partial charge in [-0.3, -0.25) is 0 Å². The molecule has 0 bridgehead atoms. The lowest BCUT2D eigenvalue weighted by atomic mass is 10.1. The predicted octanol–water partition coefficient (Wildman–Crippen LogP) is -0.908. The number of likely N-dealkylation sites (tertiary alicyclic amines) is 1. The Bertz CT molecular complexity index is 151. The molecule has 0 aliphatic carbocycles. The summed E-state index contributed by atoms with van der Waals surface area (Å²) < 4.78 is 0. The minimum Gasteiger partial charge on any atom is -0.465 e. The lowest BCUT2D eigenvalue weighted by molar-refractivity contribution is -0.00255. The van der Waals surface area contributed by atoms with Crippen molar-refractivity contribution in [3.63, 3.8) is 0 Å². The Morgan fingerprint density at radius 3 is 2.09 bits per heavy atom. The van der Waals surface area contributed by atoms with Crippen LogP contribution in [0.25, 0.3) is 0 Å². The van der Waals surface area contributed by atoms with Crippen LogP contribution in [0.15, 0.2) is 0 Å². The summed E-state index contributed by atoms with van der Waals surface area (Å²) in [5.41, 5.74) is 0. The van der Waals surface area contributed by atoms with E-state index in [-0.39, 0.29) is 19.5 Å². The van der Waals surface area contributed by atoms with Crippen molar-refractivity contribution in [2.45, 2.75) is 18.6 Å². The maximum Gasteiger partial charge on any atom is 0.407 e. The van der Waals surface area contributed by atoms with Crippen molar-refractivity contribution in [3.05, 3.63) is 0 Å². The molecular weight excluding hydrogens is 150 g/mol. The SMILES string of the molecule is O=C(O)N1CC(O)CC(O)C1. The second-order valence-corrected chi connectivity index (χ2v) is 2.73. The van der Waals surface area contributed by atoms with Crippen molar-refractivity contribution in [3.8, 4) is 0 Å². The summed E-state index contributed by atoms with van der Waals surface area (Å²) in [7, 11) is 0. The molecule has 1 aliphatic rings. The van der Waals surface area contributed by atoms with E-state index < -0.39 is 18.3 Å². The van der Waals surface area contributed by atoms with Gasteiger partial charge in [-0.05, 0) is 0 Å². The summed E-state index contributed by atoms with van der Waals surface area (Å²) in [6.45, 7) is 0.207. The van der Waals surface area contributed by atoms with Crippen LogP contribution in [0.5, 0.6) is 0 Å². The molecule has 11 heavy (non-hydrogen) atoms. The van der Waals surface area contributed by atoms with E-state index in [2.05, 4.69) is 0 Å². The summed E-state index contributed by atoms with van der Waals surface area (Å²) >= 11 is 0. The van der Waals surface area contributed by atoms with E-state index >= 15 is 0 Å². The second kappa shape index (κ2) is 3.06. The Morgan fingerprint density at radius 2 is 1.73 bits per heavy atom. The molecule has 3 N–H and O–H groups in total. The lowest BCUT2D eigenvalue weighted by Gasteiger charge is -2.30. The third-order valence-electron chi connectivity index (χ3n) is 1.68. The first-order valence-electron chi connectivity index (χ1n) is 3.43. The van der Waals surface area contributed by atoms with Crippen molar-refractivity contribution < 1.29 is 20.1 Å². The van der Waals surface area contributed by atoms with Crippen molar-refractivity contribution in [1.82, 2.24) is 4.90 Å². The minimum absolute atomic E-state index is 0.104. The zero-order chi connectivity index (χ0) is 8.43. The molecule has 0 radical (unpaired) electrons. The Morgan fingerprint density at radius 1 is 1.27 bits per heavy atom. The normalized spacial score (nSPS) is 32.0. The molecule has 1 saturated heterocycles. The van der Waals surface area contributed by atoms with E-state index in [4.69, 9.17) is 15.3 Å². The van der Waals surface area contributed by atoms with Crippen LogP contribution in [-0.4, -0.2) is 51.6 Å². The number of amides is 1. The van der Waals surface area contributed by atoms with Gasteiger partial charge in [-0.15, -0.1) is 0 Å². The van der Waals surface area contributed by atoms with Crippen molar-refractivity contribution in [2.24, 2.45) is 0 Å². The van der Waals surface area contributed by atoms with Gasteiger partial charge in [0.05, 0.1) is 25.3 Å². The van der Waals surface area contributed by atoms with Gasteiger partial charge in [0.25, 0.3) is 0 Å². The van der Waals surface area contributed by atoms with E-state index in [0.29, 0.717) is 0 Å². The topological polar surface area (TPSA) is 81.0 Å². The molecule has 1 rings (SSSR count). The number of rotatable bonds is 0. The molecule has 5 nitrogen and oxygen atoms in total. The van der Waals surface area contributed by atoms with E-state index in [0.717, 1.165) is 4.90 Å². The summed E-state index contributed by atoms with van der Waals surface area (Å²) in [6.07, 6.45) is -2.28. The molecule has 2 unspecified atom stereocenters. The monoisotopic (exact) mass is 161 g/mol. The highest BCUT2D eigenvalue weighted by Crippen LogP contribution is 2.10. The van der Waals surface area contributed by atoms with Gasteiger partial charge in [0, 0.05) is 6.42 Å². The first-order chi connectivity index (χ1) is 5.09. The lowest BCUT2D eigenvalue weighted by Crippen LogP contribution is -2.47. The summed E-state index contributed by atoms with van der Waals surface area (Å²) in [5.74, 6) is 0. The molecule has 2 atom stereocenters. The quantitative estimate of drug-likeness (QED) is 0.429. The van der Waals surface area contributed by atoms with Gasteiger partial charge in [0.1, 0.15) is 0 Å². The van der Waals surface area contributed by atoms with Crippen molar-refractivity contribution >= 4 is 6.09 Å². The Kier molecular flexibility index (Phi) is 2.31. The highest BCUT2D eigenvalue weighted by Gasteiger charge is 2.26. The van der Waals surface area contributed by atoms with Gasteiger partial charge < -0.3 is 20.2 Å². The number of aliphatic hydroxyl groups is 2. The van der Waals surface area contributed by atoms with Gasteiger partial charge in [-0.25, -0.2) is 4.79 Å². The fraction of sp³-hybridized carbons (Fsp3) is 0.833. The first kappa shape index (κ1) is 8.29. The Labute approximate surface area is 63.9 Å². The third kappa shape index (κ3) is 2.06. The van der Waals surface area contributed by atoms with Crippen LogP contribution in [0.4, 0.5) is 4.79 Å². The number of nitrogens with zero attached hydrogens (tertiary/aromatic N) is 1. The number of aliphatic hydroxyl groups excluding tert-OH is 2. The predicted molar refractivity (Wildman–Crippen MR) is 36.2 cm³/mol. The van der Waals surface area contributed by atoms with Crippen LogP contribution in [0.2, 0.25) is 0 Å². The van der Waals surface area contributed by atoms with Crippen molar-refractivity contribution in [2.75, 3.05) is 13.1 Å². The zero-order valence-corrected chi connectivity index (χ0v) is 5.97. The van der Waals surface area contributed by atoms with Crippen LogP contribution >= 0.6 is 0 Å². The molecule has 0 saturated carbocycles. The van der Waals surface area contributed by atoms with Crippen LogP contribution in [0.3, 0.4) is 0 Å². The van der Waals surface area contributed by atoms with E-state index in [1.807, 2.05) is 0 Å². The fourth-order valence-electron chi connectivity index (χ4n) is 1.20. The van der Waals surface area contributed by atoms with Crippen LogP contribution in [0.1, 0.15) is 6.42 Å². The van der Waals surface area contributed by atoms with Gasteiger partial charge in [-0.1, -0.05) is 0 Å². The van der Waals surface area contributed by atoms with Crippen LogP contribution < -0.4 is 0 Å². The number of hydrogen-bond acceptors (Lipinski definition) is 3. The molecule has 5 heteroatoms. The van der Waals surface area contributed by atoms with Crippen molar-refractivity contribution in [1.29, 1.82) is 0 Å². The van der Waals surface area contributed by atoms with Gasteiger partial charge in [0.2, 0.25) is 0 Å². The summed E-state index contributed by atoms with van der Waals surface area (Å²) in [4.78, 5) is 11.4.